The Labute approximate surface area is 164 Å². The number of fused-ring (bicyclic) bond motifs is 1. The molecule has 1 fully saturated rings. The van der Waals surface area contributed by atoms with Gasteiger partial charge in [-0.3, -0.25) is 4.79 Å². The molecule has 142 valence electrons. The summed E-state index contributed by atoms with van der Waals surface area (Å²) in [5, 5.41) is 3.98. The molecule has 1 amide bonds. The minimum Gasteiger partial charge on any atom is -0.378 e. The van der Waals surface area contributed by atoms with E-state index in [0.29, 0.717) is 18.2 Å². The smallest absolute Gasteiger partial charge is 0.246 e. The number of hydrogen-bond acceptors (Lipinski definition) is 4. The summed E-state index contributed by atoms with van der Waals surface area (Å²) < 4.78 is 5.45. The summed E-state index contributed by atoms with van der Waals surface area (Å²) in [5.41, 5.74) is 4.20. The van der Waals surface area contributed by atoms with Gasteiger partial charge < -0.3 is 19.9 Å². The van der Waals surface area contributed by atoms with E-state index >= 15 is 0 Å². The quantitative estimate of drug-likeness (QED) is 0.873. The molecule has 2 aliphatic heterocycles. The maximum Gasteiger partial charge on any atom is 0.246 e. The third-order valence-electron chi connectivity index (χ3n) is 5.22. The minimum absolute atomic E-state index is 0.0698. The second-order valence-electron chi connectivity index (χ2n) is 7.06. The van der Waals surface area contributed by atoms with Crippen molar-refractivity contribution < 1.29 is 9.53 Å². The lowest BCUT2D eigenvalue weighted by Gasteiger charge is -2.31. The first-order chi connectivity index (χ1) is 13.1. The van der Waals surface area contributed by atoms with Crippen LogP contribution in [0.25, 0.3) is 0 Å². The minimum atomic E-state index is 0.0698. The monoisotopic (exact) mass is 385 g/mol. The number of rotatable bonds is 4. The van der Waals surface area contributed by atoms with Crippen molar-refractivity contribution in [1.29, 1.82) is 0 Å². The normalized spacial score (nSPS) is 19.1. The van der Waals surface area contributed by atoms with E-state index in [1.165, 1.54) is 5.56 Å². The number of halogens is 1. The highest BCUT2D eigenvalue weighted by Crippen LogP contribution is 2.33. The second-order valence-corrected chi connectivity index (χ2v) is 7.50. The number of morpholine rings is 1. The van der Waals surface area contributed by atoms with Crippen LogP contribution in [0.2, 0.25) is 5.02 Å². The summed E-state index contributed by atoms with van der Waals surface area (Å²) in [6.45, 7) is 5.42. The number of carbonyl (C=O) groups is 1. The van der Waals surface area contributed by atoms with Gasteiger partial charge in [-0.2, -0.15) is 0 Å². The third kappa shape index (κ3) is 3.75. The molecule has 0 saturated carbocycles. The molecule has 0 aliphatic carbocycles. The number of para-hydroxylation sites is 1. The molecule has 0 spiro atoms. The fourth-order valence-corrected chi connectivity index (χ4v) is 4.10. The van der Waals surface area contributed by atoms with Crippen molar-refractivity contribution in [2.24, 2.45) is 0 Å². The highest BCUT2D eigenvalue weighted by atomic mass is 35.5. The van der Waals surface area contributed by atoms with E-state index in [1.54, 1.807) is 0 Å². The predicted octanol–water partition coefficient (Wildman–Crippen LogP) is 3.57. The zero-order chi connectivity index (χ0) is 18.8. The molecule has 1 atom stereocenters. The first kappa shape index (κ1) is 18.1. The maximum absolute atomic E-state index is 13.0. The van der Waals surface area contributed by atoms with Crippen molar-refractivity contribution in [3.8, 4) is 0 Å². The van der Waals surface area contributed by atoms with Gasteiger partial charge in [0.15, 0.2) is 0 Å². The van der Waals surface area contributed by atoms with E-state index in [2.05, 4.69) is 23.2 Å². The zero-order valence-electron chi connectivity index (χ0n) is 15.5. The molecule has 2 aromatic carbocycles. The number of benzene rings is 2. The zero-order valence-corrected chi connectivity index (χ0v) is 16.2. The summed E-state index contributed by atoms with van der Waals surface area (Å²) in [4.78, 5) is 17.1. The molecule has 2 aliphatic rings. The van der Waals surface area contributed by atoms with Gasteiger partial charge >= 0.3 is 0 Å². The van der Waals surface area contributed by atoms with Gasteiger partial charge in [0.25, 0.3) is 0 Å². The van der Waals surface area contributed by atoms with Gasteiger partial charge in [0.2, 0.25) is 5.91 Å². The Balaban J connectivity index is 1.50. The number of carbonyl (C=O) groups excluding carboxylic acids is 1. The maximum atomic E-state index is 13.0. The standard InChI is InChI=1S/C21H24ClN3O2/c1-15-12-16-4-2-3-5-19(16)25(15)21(26)14-23-18-13-17(22)6-7-20(18)24-8-10-27-11-9-24/h2-7,13,15,23H,8-12,14H2,1H3/t15-/m0/s1. The molecule has 2 heterocycles. The molecule has 0 unspecified atom stereocenters. The van der Waals surface area contributed by atoms with Crippen LogP contribution < -0.4 is 15.1 Å². The van der Waals surface area contributed by atoms with Crippen LogP contribution in [0.3, 0.4) is 0 Å². The van der Waals surface area contributed by atoms with Crippen molar-refractivity contribution in [3.63, 3.8) is 0 Å². The molecule has 2 aromatic rings. The fourth-order valence-electron chi connectivity index (χ4n) is 3.93. The molecule has 1 saturated heterocycles. The number of ether oxygens (including phenoxy) is 1. The van der Waals surface area contributed by atoms with Crippen LogP contribution in [0.1, 0.15) is 12.5 Å². The SMILES string of the molecule is C[C@H]1Cc2ccccc2N1C(=O)CNc1cc(Cl)ccc1N1CCOCC1. The molecule has 0 radical (unpaired) electrons. The number of hydrogen-bond donors (Lipinski definition) is 1. The van der Waals surface area contributed by atoms with Crippen LogP contribution in [0.4, 0.5) is 17.1 Å². The van der Waals surface area contributed by atoms with Gasteiger partial charge in [-0.05, 0) is 43.2 Å². The summed E-state index contributed by atoms with van der Waals surface area (Å²) in [5.74, 6) is 0.0698. The topological polar surface area (TPSA) is 44.8 Å². The van der Waals surface area contributed by atoms with Crippen LogP contribution >= 0.6 is 11.6 Å². The Morgan fingerprint density at radius 3 is 2.78 bits per heavy atom. The van der Waals surface area contributed by atoms with Crippen molar-refractivity contribution in [3.05, 3.63) is 53.1 Å². The van der Waals surface area contributed by atoms with E-state index < -0.39 is 0 Å². The summed E-state index contributed by atoms with van der Waals surface area (Å²) >= 11 is 6.21. The van der Waals surface area contributed by atoms with Gasteiger partial charge in [-0.15, -0.1) is 0 Å². The Hall–Kier alpha value is -2.24. The van der Waals surface area contributed by atoms with Crippen molar-refractivity contribution in [2.75, 3.05) is 48.0 Å². The Morgan fingerprint density at radius 2 is 1.96 bits per heavy atom. The molecule has 1 N–H and O–H groups in total. The Kier molecular flexibility index (Phi) is 5.23. The summed E-state index contributed by atoms with van der Waals surface area (Å²) in [6, 6.07) is 14.1. The van der Waals surface area contributed by atoms with E-state index in [1.807, 2.05) is 41.3 Å². The molecular formula is C21H24ClN3O2. The average molecular weight is 386 g/mol. The van der Waals surface area contributed by atoms with Gasteiger partial charge in [-0.25, -0.2) is 0 Å². The lowest BCUT2D eigenvalue weighted by Crippen LogP contribution is -2.40. The van der Waals surface area contributed by atoms with Crippen LogP contribution in [0.5, 0.6) is 0 Å². The lowest BCUT2D eigenvalue weighted by atomic mass is 10.1. The largest absolute Gasteiger partial charge is 0.378 e. The van der Waals surface area contributed by atoms with Gasteiger partial charge in [0.1, 0.15) is 0 Å². The van der Waals surface area contributed by atoms with E-state index in [4.69, 9.17) is 16.3 Å². The number of anilines is 3. The number of nitrogens with zero attached hydrogens (tertiary/aromatic N) is 2. The summed E-state index contributed by atoms with van der Waals surface area (Å²) in [7, 11) is 0. The number of nitrogens with one attached hydrogen (secondary N) is 1. The molecule has 6 heteroatoms. The highest BCUT2D eigenvalue weighted by Gasteiger charge is 2.30. The molecule has 0 bridgehead atoms. The van der Waals surface area contributed by atoms with Gasteiger partial charge in [0.05, 0.1) is 31.1 Å². The Morgan fingerprint density at radius 1 is 1.19 bits per heavy atom. The van der Waals surface area contributed by atoms with E-state index in [0.717, 1.165) is 36.6 Å². The highest BCUT2D eigenvalue weighted by molar-refractivity contribution is 6.31. The van der Waals surface area contributed by atoms with E-state index in [9.17, 15) is 4.79 Å². The van der Waals surface area contributed by atoms with Crippen LogP contribution in [0.15, 0.2) is 42.5 Å². The van der Waals surface area contributed by atoms with E-state index in [-0.39, 0.29) is 18.5 Å². The van der Waals surface area contributed by atoms with Gasteiger partial charge in [0, 0.05) is 29.8 Å². The first-order valence-corrected chi connectivity index (χ1v) is 9.77. The first-order valence-electron chi connectivity index (χ1n) is 9.39. The molecular weight excluding hydrogens is 362 g/mol. The van der Waals surface area contributed by atoms with Crippen molar-refractivity contribution >= 4 is 34.6 Å². The van der Waals surface area contributed by atoms with Crippen LogP contribution in [-0.2, 0) is 16.0 Å². The molecule has 27 heavy (non-hydrogen) atoms. The van der Waals surface area contributed by atoms with Crippen molar-refractivity contribution in [2.45, 2.75) is 19.4 Å². The number of amides is 1. The molecule has 0 aromatic heterocycles. The Bertz CT molecular complexity index is 836. The summed E-state index contributed by atoms with van der Waals surface area (Å²) in [6.07, 6.45) is 0.901. The molecule has 4 rings (SSSR count). The predicted molar refractivity (Wildman–Crippen MR) is 110 cm³/mol. The van der Waals surface area contributed by atoms with Crippen LogP contribution in [0, 0.1) is 0 Å². The fraction of sp³-hybridized carbons (Fsp3) is 0.381. The third-order valence-corrected chi connectivity index (χ3v) is 5.45. The lowest BCUT2D eigenvalue weighted by molar-refractivity contribution is -0.117. The second kappa shape index (κ2) is 7.79. The molecule has 5 nitrogen and oxygen atoms in total. The average Bonchev–Trinajstić information content (AvgIpc) is 3.02. The van der Waals surface area contributed by atoms with Crippen LogP contribution in [-0.4, -0.2) is 44.8 Å². The van der Waals surface area contributed by atoms with Gasteiger partial charge in [-0.1, -0.05) is 29.8 Å². The van der Waals surface area contributed by atoms with Crippen molar-refractivity contribution in [1.82, 2.24) is 0 Å².